The van der Waals surface area contributed by atoms with Crippen molar-refractivity contribution in [2.45, 2.75) is 13.0 Å². The number of primary amides is 1. The highest BCUT2D eigenvalue weighted by atomic mass is 16.5. The van der Waals surface area contributed by atoms with E-state index in [0.717, 1.165) is 5.56 Å². The van der Waals surface area contributed by atoms with Crippen LogP contribution in [-0.2, 0) is 14.3 Å². The maximum Gasteiger partial charge on any atom is 0.260 e. The molecule has 11 heteroatoms. The van der Waals surface area contributed by atoms with Crippen LogP contribution in [0, 0.1) is 0 Å². The zero-order valence-corrected chi connectivity index (χ0v) is 15.9. The number of carbonyl (C=O) groups excluding carboxylic acids is 2. The minimum Gasteiger partial charge on any atom is -0.484 e. The van der Waals surface area contributed by atoms with Crippen molar-refractivity contribution in [3.63, 3.8) is 0 Å². The number of morpholine rings is 1. The van der Waals surface area contributed by atoms with Gasteiger partial charge in [0.05, 0.1) is 18.8 Å². The number of carbonyl (C=O) groups is 2. The summed E-state index contributed by atoms with van der Waals surface area (Å²) >= 11 is 0. The number of hydrogen-bond donors (Lipinski definition) is 2. The van der Waals surface area contributed by atoms with E-state index in [2.05, 4.69) is 20.8 Å². The van der Waals surface area contributed by atoms with Crippen LogP contribution in [0.1, 0.15) is 18.5 Å². The average Bonchev–Trinajstić information content (AvgIpc) is 3.20. The molecule has 2 aliphatic heterocycles. The van der Waals surface area contributed by atoms with E-state index >= 15 is 0 Å². The van der Waals surface area contributed by atoms with Crippen molar-refractivity contribution in [3.05, 3.63) is 41.1 Å². The van der Waals surface area contributed by atoms with E-state index in [9.17, 15) is 9.59 Å². The lowest BCUT2D eigenvalue weighted by Gasteiger charge is -2.27. The molecule has 0 saturated carbocycles. The molecule has 2 amide bonds. The highest BCUT2D eigenvalue weighted by Gasteiger charge is 2.32. The van der Waals surface area contributed by atoms with E-state index in [1.54, 1.807) is 36.1 Å². The molecule has 1 aromatic heterocycles. The van der Waals surface area contributed by atoms with Crippen molar-refractivity contribution >= 4 is 17.8 Å². The predicted molar refractivity (Wildman–Crippen MR) is 101 cm³/mol. The van der Waals surface area contributed by atoms with Crippen LogP contribution in [-0.4, -0.2) is 69.8 Å². The molecule has 2 aromatic rings. The molecule has 0 aliphatic carbocycles. The Morgan fingerprint density at radius 3 is 2.69 bits per heavy atom. The molecule has 152 valence electrons. The first kappa shape index (κ1) is 18.9. The SMILES string of the molecule is CC1=C(C(N)=O)C(c2ccc(OCC(=O)N3CCOCC3)cc2)n2nnnc2N1. The summed E-state index contributed by atoms with van der Waals surface area (Å²) in [5, 5.41) is 14.5. The van der Waals surface area contributed by atoms with E-state index < -0.39 is 11.9 Å². The number of nitrogens with two attached hydrogens (primary N) is 1. The smallest absolute Gasteiger partial charge is 0.260 e. The Morgan fingerprint density at radius 2 is 2.00 bits per heavy atom. The zero-order chi connectivity index (χ0) is 20.4. The van der Waals surface area contributed by atoms with Crippen molar-refractivity contribution in [1.82, 2.24) is 25.1 Å². The van der Waals surface area contributed by atoms with Gasteiger partial charge in [-0.2, -0.15) is 4.68 Å². The topological polar surface area (TPSA) is 137 Å². The highest BCUT2D eigenvalue weighted by Crippen LogP contribution is 2.34. The van der Waals surface area contributed by atoms with Crippen LogP contribution in [0.25, 0.3) is 0 Å². The summed E-state index contributed by atoms with van der Waals surface area (Å²) in [6.07, 6.45) is 0. The van der Waals surface area contributed by atoms with Crippen molar-refractivity contribution in [1.29, 1.82) is 0 Å². The standard InChI is InChI=1S/C18H21N7O4/c1-11-15(17(19)27)16(25-18(20-11)21-22-23-25)12-2-4-13(5-3-12)29-10-14(26)24-6-8-28-9-7-24/h2-5,16H,6-10H2,1H3,(H2,19,27)(H,20,21,23). The van der Waals surface area contributed by atoms with Crippen molar-refractivity contribution in [3.8, 4) is 5.75 Å². The fourth-order valence-corrected chi connectivity index (χ4v) is 3.44. The summed E-state index contributed by atoms with van der Waals surface area (Å²) in [6.45, 7) is 3.95. The van der Waals surface area contributed by atoms with Gasteiger partial charge in [0, 0.05) is 18.8 Å². The number of aromatic nitrogens is 4. The Balaban J connectivity index is 1.50. The van der Waals surface area contributed by atoms with Gasteiger partial charge in [-0.05, 0) is 35.0 Å². The van der Waals surface area contributed by atoms with Gasteiger partial charge in [-0.25, -0.2) is 0 Å². The Morgan fingerprint density at radius 1 is 1.28 bits per heavy atom. The van der Waals surface area contributed by atoms with Gasteiger partial charge >= 0.3 is 0 Å². The van der Waals surface area contributed by atoms with Crippen LogP contribution in [0.3, 0.4) is 0 Å². The highest BCUT2D eigenvalue weighted by molar-refractivity contribution is 5.95. The lowest BCUT2D eigenvalue weighted by molar-refractivity contribution is -0.137. The van der Waals surface area contributed by atoms with Crippen LogP contribution in [0.2, 0.25) is 0 Å². The first-order chi connectivity index (χ1) is 14.0. The largest absolute Gasteiger partial charge is 0.484 e. The van der Waals surface area contributed by atoms with Crippen LogP contribution in [0.4, 0.5) is 5.95 Å². The number of benzene rings is 1. The number of anilines is 1. The van der Waals surface area contributed by atoms with Gasteiger partial charge in [-0.15, -0.1) is 0 Å². The molecule has 1 atom stereocenters. The molecule has 3 heterocycles. The van der Waals surface area contributed by atoms with Crippen LogP contribution < -0.4 is 15.8 Å². The molecule has 1 fully saturated rings. The number of allylic oxidation sites excluding steroid dienone is 1. The van der Waals surface area contributed by atoms with Crippen LogP contribution >= 0.6 is 0 Å². The maximum atomic E-state index is 12.2. The monoisotopic (exact) mass is 399 g/mol. The molecule has 3 N–H and O–H groups in total. The second-order valence-corrected chi connectivity index (χ2v) is 6.73. The van der Waals surface area contributed by atoms with E-state index in [0.29, 0.717) is 49.3 Å². The number of nitrogens with one attached hydrogen (secondary N) is 1. The molecule has 11 nitrogen and oxygen atoms in total. The third-order valence-corrected chi connectivity index (χ3v) is 4.90. The number of fused-ring (bicyclic) bond motifs is 1. The third-order valence-electron chi connectivity index (χ3n) is 4.90. The minimum atomic E-state index is -0.558. The molecular weight excluding hydrogens is 378 g/mol. The lowest BCUT2D eigenvalue weighted by Crippen LogP contribution is -2.42. The lowest BCUT2D eigenvalue weighted by atomic mass is 9.95. The molecule has 0 radical (unpaired) electrons. The van der Waals surface area contributed by atoms with Crippen molar-refractivity contribution < 1.29 is 19.1 Å². The fraction of sp³-hybridized carbons (Fsp3) is 0.389. The summed E-state index contributed by atoms with van der Waals surface area (Å²) in [5.74, 6) is 0.331. The summed E-state index contributed by atoms with van der Waals surface area (Å²) in [4.78, 5) is 26.0. The molecular formula is C18H21N7O4. The Kier molecular flexibility index (Phi) is 5.12. The Labute approximate surface area is 166 Å². The summed E-state index contributed by atoms with van der Waals surface area (Å²) in [5.41, 5.74) is 7.34. The normalized spacial score (nSPS) is 18.8. The predicted octanol–water partition coefficient (Wildman–Crippen LogP) is -0.315. The van der Waals surface area contributed by atoms with Gasteiger partial charge in [-0.3, -0.25) is 9.59 Å². The molecule has 0 spiro atoms. The molecule has 2 aliphatic rings. The molecule has 4 rings (SSSR count). The third kappa shape index (κ3) is 3.76. The van der Waals surface area contributed by atoms with Gasteiger partial charge in [-0.1, -0.05) is 17.2 Å². The van der Waals surface area contributed by atoms with Crippen LogP contribution in [0.5, 0.6) is 5.75 Å². The van der Waals surface area contributed by atoms with E-state index in [1.165, 1.54) is 4.68 Å². The molecule has 1 unspecified atom stereocenters. The van der Waals surface area contributed by atoms with E-state index in [1.807, 2.05) is 0 Å². The number of tetrazole rings is 1. The number of hydrogen-bond acceptors (Lipinski definition) is 8. The average molecular weight is 399 g/mol. The number of rotatable bonds is 5. The summed E-state index contributed by atoms with van der Waals surface area (Å²) in [7, 11) is 0. The van der Waals surface area contributed by atoms with Crippen molar-refractivity contribution in [2.24, 2.45) is 5.73 Å². The van der Waals surface area contributed by atoms with Gasteiger partial charge in [0.1, 0.15) is 11.8 Å². The Hall–Kier alpha value is -3.47. The summed E-state index contributed by atoms with van der Waals surface area (Å²) < 4.78 is 12.4. The Bertz CT molecular complexity index is 947. The molecule has 1 aromatic carbocycles. The van der Waals surface area contributed by atoms with Crippen LogP contribution in [0.15, 0.2) is 35.5 Å². The first-order valence-electron chi connectivity index (χ1n) is 9.18. The maximum absolute atomic E-state index is 12.2. The van der Waals surface area contributed by atoms with E-state index in [4.69, 9.17) is 15.2 Å². The van der Waals surface area contributed by atoms with Gasteiger partial charge < -0.3 is 25.4 Å². The quantitative estimate of drug-likeness (QED) is 0.698. The minimum absolute atomic E-state index is 0.0462. The number of nitrogens with zero attached hydrogens (tertiary/aromatic N) is 5. The fourth-order valence-electron chi connectivity index (χ4n) is 3.44. The van der Waals surface area contributed by atoms with Gasteiger partial charge in [0.2, 0.25) is 11.9 Å². The second-order valence-electron chi connectivity index (χ2n) is 6.73. The van der Waals surface area contributed by atoms with E-state index in [-0.39, 0.29) is 12.5 Å². The molecule has 0 bridgehead atoms. The molecule has 29 heavy (non-hydrogen) atoms. The van der Waals surface area contributed by atoms with Gasteiger partial charge in [0.25, 0.3) is 5.91 Å². The number of amides is 2. The zero-order valence-electron chi connectivity index (χ0n) is 15.9. The molecule has 1 saturated heterocycles. The van der Waals surface area contributed by atoms with Crippen molar-refractivity contribution in [2.75, 3.05) is 38.2 Å². The summed E-state index contributed by atoms with van der Waals surface area (Å²) in [6, 6.07) is 6.52. The number of ether oxygens (including phenoxy) is 2. The second kappa shape index (κ2) is 7.87. The van der Waals surface area contributed by atoms with Gasteiger partial charge in [0.15, 0.2) is 6.61 Å². The first-order valence-corrected chi connectivity index (χ1v) is 9.18.